The molecule has 0 fully saturated rings. The molecule has 0 saturated carbocycles. The third kappa shape index (κ3) is 2.81. The number of halogens is 1. The Kier molecular flexibility index (Phi) is 3.85. The monoisotopic (exact) mass is 261 g/mol. The van der Waals surface area contributed by atoms with Gasteiger partial charge in [0.2, 0.25) is 0 Å². The van der Waals surface area contributed by atoms with Gasteiger partial charge < -0.3 is 10.4 Å². The van der Waals surface area contributed by atoms with Gasteiger partial charge in [0.05, 0.1) is 5.56 Å². The van der Waals surface area contributed by atoms with Gasteiger partial charge in [-0.25, -0.2) is 0 Å². The maximum atomic E-state index is 11.9. The van der Waals surface area contributed by atoms with Crippen LogP contribution in [0.5, 0.6) is 5.75 Å². The highest BCUT2D eigenvalue weighted by Crippen LogP contribution is 2.18. The van der Waals surface area contributed by atoms with Gasteiger partial charge in [-0.3, -0.25) is 4.79 Å². The van der Waals surface area contributed by atoms with Crippen LogP contribution in [0.4, 0.5) is 5.69 Å². The molecular formula is C14H12ClNO2. The molecule has 0 spiro atoms. The van der Waals surface area contributed by atoms with Crippen molar-refractivity contribution in [3.05, 3.63) is 59.7 Å². The minimum atomic E-state index is -0.341. The average molecular weight is 262 g/mol. The first kappa shape index (κ1) is 12.5. The van der Waals surface area contributed by atoms with E-state index in [9.17, 15) is 9.90 Å². The summed E-state index contributed by atoms with van der Waals surface area (Å²) in [5.41, 5.74) is 1.90. The molecule has 0 aromatic heterocycles. The van der Waals surface area contributed by atoms with Crippen LogP contribution in [0.25, 0.3) is 0 Å². The highest BCUT2D eigenvalue weighted by molar-refractivity contribution is 6.17. The van der Waals surface area contributed by atoms with Crippen LogP contribution in [0, 0.1) is 0 Å². The van der Waals surface area contributed by atoms with Crippen LogP contribution in [0.1, 0.15) is 15.9 Å². The second-order valence-corrected chi connectivity index (χ2v) is 4.07. The molecule has 0 unspecified atom stereocenters. The van der Waals surface area contributed by atoms with E-state index in [-0.39, 0.29) is 17.2 Å². The zero-order chi connectivity index (χ0) is 13.0. The first-order valence-electron chi connectivity index (χ1n) is 5.45. The molecule has 2 aromatic rings. The lowest BCUT2D eigenvalue weighted by atomic mass is 10.1. The third-order valence-electron chi connectivity index (χ3n) is 2.51. The maximum absolute atomic E-state index is 11.9. The summed E-state index contributed by atoms with van der Waals surface area (Å²) in [7, 11) is 0. The van der Waals surface area contributed by atoms with Crippen molar-refractivity contribution in [3.8, 4) is 5.75 Å². The third-order valence-corrected chi connectivity index (χ3v) is 2.82. The normalized spacial score (nSPS) is 10.1. The molecule has 18 heavy (non-hydrogen) atoms. The van der Waals surface area contributed by atoms with Crippen LogP contribution in [0.2, 0.25) is 0 Å². The average Bonchev–Trinajstić information content (AvgIpc) is 2.40. The first-order valence-corrected chi connectivity index (χ1v) is 5.98. The summed E-state index contributed by atoms with van der Waals surface area (Å²) >= 11 is 5.68. The number of hydrogen-bond donors (Lipinski definition) is 2. The number of amides is 1. The number of benzene rings is 2. The molecule has 2 aromatic carbocycles. The predicted octanol–water partition coefficient (Wildman–Crippen LogP) is 3.38. The van der Waals surface area contributed by atoms with Crippen molar-refractivity contribution in [1.82, 2.24) is 0 Å². The summed E-state index contributed by atoms with van der Waals surface area (Å²) in [6, 6.07) is 13.6. The van der Waals surface area contributed by atoms with Gasteiger partial charge in [0.1, 0.15) is 5.75 Å². The number of hydrogen-bond acceptors (Lipinski definition) is 2. The topological polar surface area (TPSA) is 49.3 Å². The molecule has 0 atom stereocenters. The van der Waals surface area contributed by atoms with Crippen molar-refractivity contribution in [2.75, 3.05) is 5.32 Å². The van der Waals surface area contributed by atoms with E-state index >= 15 is 0 Å². The van der Waals surface area contributed by atoms with E-state index in [1.165, 1.54) is 6.07 Å². The van der Waals surface area contributed by atoms with E-state index < -0.39 is 0 Å². The summed E-state index contributed by atoms with van der Waals surface area (Å²) in [6.45, 7) is 0. The van der Waals surface area contributed by atoms with E-state index in [2.05, 4.69) is 5.32 Å². The SMILES string of the molecule is O=C(Nc1ccc(CCl)cc1)c1ccccc1O. The van der Waals surface area contributed by atoms with Gasteiger partial charge in [-0.15, -0.1) is 11.6 Å². The lowest BCUT2D eigenvalue weighted by Crippen LogP contribution is -2.11. The Labute approximate surface area is 110 Å². The number of aromatic hydroxyl groups is 1. The van der Waals surface area contributed by atoms with Gasteiger partial charge in [-0.05, 0) is 29.8 Å². The van der Waals surface area contributed by atoms with Crippen LogP contribution < -0.4 is 5.32 Å². The molecule has 0 radical (unpaired) electrons. The second-order valence-electron chi connectivity index (χ2n) is 3.80. The molecule has 0 aliphatic rings. The van der Waals surface area contributed by atoms with Gasteiger partial charge in [0.25, 0.3) is 5.91 Å². The van der Waals surface area contributed by atoms with E-state index in [1.807, 2.05) is 12.1 Å². The van der Waals surface area contributed by atoms with Crippen molar-refractivity contribution >= 4 is 23.2 Å². The Hall–Kier alpha value is -2.00. The minimum Gasteiger partial charge on any atom is -0.507 e. The molecule has 0 aliphatic carbocycles. The summed E-state index contributed by atoms with van der Waals surface area (Å²) in [5, 5.41) is 12.3. The summed E-state index contributed by atoms with van der Waals surface area (Å²) in [5.74, 6) is 0.0624. The Bertz CT molecular complexity index is 552. The van der Waals surface area contributed by atoms with Crippen molar-refractivity contribution in [2.45, 2.75) is 5.88 Å². The maximum Gasteiger partial charge on any atom is 0.259 e. The zero-order valence-corrected chi connectivity index (χ0v) is 10.3. The number of carbonyl (C=O) groups excluding carboxylic acids is 1. The first-order chi connectivity index (χ1) is 8.70. The van der Waals surface area contributed by atoms with Crippen molar-refractivity contribution in [1.29, 1.82) is 0 Å². The van der Waals surface area contributed by atoms with E-state index in [4.69, 9.17) is 11.6 Å². The molecular weight excluding hydrogens is 250 g/mol. The van der Waals surface area contributed by atoms with Crippen LogP contribution >= 0.6 is 11.6 Å². The van der Waals surface area contributed by atoms with Crippen LogP contribution in [0.3, 0.4) is 0 Å². The molecule has 0 saturated heterocycles. The molecule has 1 amide bonds. The van der Waals surface area contributed by atoms with Crippen molar-refractivity contribution < 1.29 is 9.90 Å². The highest BCUT2D eigenvalue weighted by atomic mass is 35.5. The molecule has 4 heteroatoms. The molecule has 0 aliphatic heterocycles. The summed E-state index contributed by atoms with van der Waals surface area (Å²) < 4.78 is 0. The molecule has 2 rings (SSSR count). The quantitative estimate of drug-likeness (QED) is 0.832. The number of carbonyl (C=O) groups is 1. The lowest BCUT2D eigenvalue weighted by Gasteiger charge is -2.07. The Morgan fingerprint density at radius 1 is 1.11 bits per heavy atom. The number of phenolic OH excluding ortho intramolecular Hbond substituents is 1. The summed E-state index contributed by atoms with van der Waals surface area (Å²) in [6.07, 6.45) is 0. The van der Waals surface area contributed by atoms with Crippen molar-refractivity contribution in [3.63, 3.8) is 0 Å². The fourth-order valence-corrected chi connectivity index (χ4v) is 1.72. The number of para-hydroxylation sites is 1. The number of anilines is 1. The smallest absolute Gasteiger partial charge is 0.259 e. The fourth-order valence-electron chi connectivity index (χ4n) is 1.54. The van der Waals surface area contributed by atoms with Gasteiger partial charge in [0, 0.05) is 11.6 Å². The van der Waals surface area contributed by atoms with Gasteiger partial charge in [-0.2, -0.15) is 0 Å². The Morgan fingerprint density at radius 3 is 2.39 bits per heavy atom. The molecule has 3 nitrogen and oxygen atoms in total. The van der Waals surface area contributed by atoms with Gasteiger partial charge in [0.15, 0.2) is 0 Å². The largest absolute Gasteiger partial charge is 0.507 e. The summed E-state index contributed by atoms with van der Waals surface area (Å²) in [4.78, 5) is 11.9. The van der Waals surface area contributed by atoms with Crippen LogP contribution in [0.15, 0.2) is 48.5 Å². The minimum absolute atomic E-state index is 0.0348. The number of nitrogens with one attached hydrogen (secondary N) is 1. The molecule has 0 bridgehead atoms. The Balaban J connectivity index is 2.14. The van der Waals surface area contributed by atoms with Gasteiger partial charge >= 0.3 is 0 Å². The predicted molar refractivity (Wildman–Crippen MR) is 72.1 cm³/mol. The molecule has 0 heterocycles. The fraction of sp³-hybridized carbons (Fsp3) is 0.0714. The lowest BCUT2D eigenvalue weighted by molar-refractivity contribution is 0.102. The highest BCUT2D eigenvalue weighted by Gasteiger charge is 2.09. The number of rotatable bonds is 3. The van der Waals surface area contributed by atoms with Crippen LogP contribution in [-0.4, -0.2) is 11.0 Å². The number of alkyl halides is 1. The number of phenols is 1. The second kappa shape index (κ2) is 5.56. The van der Waals surface area contributed by atoms with Gasteiger partial charge in [-0.1, -0.05) is 24.3 Å². The molecule has 2 N–H and O–H groups in total. The molecule has 92 valence electrons. The van der Waals surface area contributed by atoms with Crippen LogP contribution in [-0.2, 0) is 5.88 Å². The van der Waals surface area contributed by atoms with E-state index in [0.29, 0.717) is 11.6 Å². The standard InChI is InChI=1S/C14H12ClNO2/c15-9-10-5-7-11(8-6-10)16-14(18)12-3-1-2-4-13(12)17/h1-8,17H,9H2,(H,16,18). The van der Waals surface area contributed by atoms with E-state index in [0.717, 1.165) is 5.56 Å². The van der Waals surface area contributed by atoms with Crippen molar-refractivity contribution in [2.24, 2.45) is 0 Å². The van der Waals surface area contributed by atoms with E-state index in [1.54, 1.807) is 30.3 Å². The zero-order valence-electron chi connectivity index (χ0n) is 9.56. The Morgan fingerprint density at radius 2 is 1.78 bits per heavy atom.